The number of carbonyl (C=O) groups is 1. The van der Waals surface area contributed by atoms with Crippen LogP contribution in [0.1, 0.15) is 12.8 Å². The molecule has 3 heteroatoms. The second kappa shape index (κ2) is 5.27. The molecular weight excluding hydrogens is 140 g/mol. The minimum Gasteiger partial charge on any atom is -0.315 e. The van der Waals surface area contributed by atoms with Crippen LogP contribution in [0.15, 0.2) is 0 Å². The van der Waals surface area contributed by atoms with Crippen LogP contribution < -0.4 is 5.32 Å². The molecule has 11 heavy (non-hydrogen) atoms. The number of nitrogens with one attached hydrogen (secondary N) is 1. The second-order valence-electron chi connectivity index (χ2n) is 2.90. The molecule has 0 aromatic heterocycles. The molecule has 1 rings (SSSR count). The van der Waals surface area contributed by atoms with Crippen molar-refractivity contribution in [2.24, 2.45) is 0 Å². The first-order valence-electron chi connectivity index (χ1n) is 4.30. The van der Waals surface area contributed by atoms with Crippen molar-refractivity contribution in [1.29, 1.82) is 0 Å². The van der Waals surface area contributed by atoms with Crippen LogP contribution in [0.5, 0.6) is 0 Å². The van der Waals surface area contributed by atoms with E-state index >= 15 is 0 Å². The number of nitrogens with zero attached hydrogens (tertiary/aromatic N) is 1. The van der Waals surface area contributed by atoms with Crippen LogP contribution in [0.4, 0.5) is 0 Å². The van der Waals surface area contributed by atoms with Gasteiger partial charge < -0.3 is 15.0 Å². The number of hydrogen-bond acceptors (Lipinski definition) is 3. The van der Waals surface area contributed by atoms with Crippen molar-refractivity contribution in [3.63, 3.8) is 0 Å². The Bertz CT molecular complexity index is 109. The maximum absolute atomic E-state index is 10.1. The molecule has 0 aliphatic carbocycles. The Balaban J connectivity index is 2.14. The topological polar surface area (TPSA) is 32.3 Å². The molecule has 0 aromatic rings. The third-order valence-corrected chi connectivity index (χ3v) is 2.00. The molecule has 1 N–H and O–H groups in total. The van der Waals surface area contributed by atoms with Crippen LogP contribution >= 0.6 is 0 Å². The van der Waals surface area contributed by atoms with E-state index in [1.54, 1.807) is 0 Å². The van der Waals surface area contributed by atoms with Crippen LogP contribution in [-0.4, -0.2) is 43.9 Å². The van der Waals surface area contributed by atoms with Gasteiger partial charge in [-0.3, -0.25) is 0 Å². The Kier molecular flexibility index (Phi) is 4.16. The van der Waals surface area contributed by atoms with Gasteiger partial charge in [0, 0.05) is 26.1 Å². The van der Waals surface area contributed by atoms with Crippen molar-refractivity contribution in [2.45, 2.75) is 12.8 Å². The third kappa shape index (κ3) is 3.49. The molecule has 1 heterocycles. The molecule has 1 aliphatic heterocycles. The molecule has 1 aliphatic rings. The van der Waals surface area contributed by atoms with Crippen molar-refractivity contribution in [2.75, 3.05) is 32.7 Å². The average Bonchev–Trinajstić information content (AvgIpc) is 2.28. The van der Waals surface area contributed by atoms with E-state index in [1.807, 2.05) is 0 Å². The molecule has 0 saturated carbocycles. The Morgan fingerprint density at radius 2 is 2.27 bits per heavy atom. The highest BCUT2D eigenvalue weighted by atomic mass is 16.1. The van der Waals surface area contributed by atoms with Crippen molar-refractivity contribution in [1.82, 2.24) is 10.2 Å². The van der Waals surface area contributed by atoms with E-state index in [-0.39, 0.29) is 0 Å². The molecule has 0 amide bonds. The zero-order valence-electron chi connectivity index (χ0n) is 6.88. The third-order valence-electron chi connectivity index (χ3n) is 2.00. The van der Waals surface area contributed by atoms with Crippen LogP contribution in [0.25, 0.3) is 0 Å². The number of hydrogen-bond donors (Lipinski definition) is 1. The van der Waals surface area contributed by atoms with Gasteiger partial charge in [0.25, 0.3) is 0 Å². The van der Waals surface area contributed by atoms with Gasteiger partial charge in [-0.15, -0.1) is 0 Å². The van der Waals surface area contributed by atoms with Gasteiger partial charge in [-0.25, -0.2) is 0 Å². The fourth-order valence-electron chi connectivity index (χ4n) is 1.36. The van der Waals surface area contributed by atoms with Gasteiger partial charge >= 0.3 is 0 Å². The Morgan fingerprint density at radius 1 is 1.36 bits per heavy atom. The Hall–Kier alpha value is -0.410. The molecule has 64 valence electrons. The number of carbonyl (C=O) groups excluding carboxylic acids is 1. The first-order valence-corrected chi connectivity index (χ1v) is 4.30. The minimum atomic E-state index is 0.681. The maximum Gasteiger partial charge on any atom is 0.121 e. The fourth-order valence-corrected chi connectivity index (χ4v) is 1.36. The van der Waals surface area contributed by atoms with Crippen molar-refractivity contribution < 1.29 is 4.79 Å². The lowest BCUT2D eigenvalue weighted by molar-refractivity contribution is -0.108. The predicted molar refractivity (Wildman–Crippen MR) is 44.6 cm³/mol. The molecule has 1 fully saturated rings. The summed E-state index contributed by atoms with van der Waals surface area (Å²) in [7, 11) is 0. The average molecular weight is 156 g/mol. The van der Waals surface area contributed by atoms with Crippen LogP contribution in [0, 0.1) is 0 Å². The lowest BCUT2D eigenvalue weighted by Gasteiger charge is -2.17. The second-order valence-corrected chi connectivity index (χ2v) is 2.90. The van der Waals surface area contributed by atoms with Gasteiger partial charge in [0.15, 0.2) is 0 Å². The van der Waals surface area contributed by atoms with E-state index < -0.39 is 0 Å². The Morgan fingerprint density at radius 3 is 3.09 bits per heavy atom. The first-order chi connectivity index (χ1) is 5.43. The summed E-state index contributed by atoms with van der Waals surface area (Å²) in [4.78, 5) is 12.4. The van der Waals surface area contributed by atoms with E-state index in [1.165, 1.54) is 6.42 Å². The van der Waals surface area contributed by atoms with E-state index in [0.29, 0.717) is 6.42 Å². The van der Waals surface area contributed by atoms with Crippen molar-refractivity contribution in [3.05, 3.63) is 0 Å². The standard InChI is InChI=1S/C8H16N2O/c11-8-2-6-10-5-1-3-9-4-7-10/h8-9H,1-7H2. The first kappa shape index (κ1) is 8.68. The van der Waals surface area contributed by atoms with Crippen LogP contribution in [0.3, 0.4) is 0 Å². The van der Waals surface area contributed by atoms with Gasteiger partial charge in [0.2, 0.25) is 0 Å². The maximum atomic E-state index is 10.1. The predicted octanol–water partition coefficient (Wildman–Crippen LogP) is -0.129. The lowest BCUT2D eigenvalue weighted by Crippen LogP contribution is -2.29. The molecule has 0 bridgehead atoms. The highest BCUT2D eigenvalue weighted by Gasteiger charge is 2.06. The number of aldehydes is 1. The molecule has 0 aromatic carbocycles. The zero-order chi connectivity index (χ0) is 7.94. The van der Waals surface area contributed by atoms with Gasteiger partial charge in [-0.2, -0.15) is 0 Å². The molecule has 3 nitrogen and oxygen atoms in total. The summed E-state index contributed by atoms with van der Waals surface area (Å²) in [5.41, 5.74) is 0. The smallest absolute Gasteiger partial charge is 0.121 e. The summed E-state index contributed by atoms with van der Waals surface area (Å²) in [6, 6.07) is 0. The van der Waals surface area contributed by atoms with Crippen molar-refractivity contribution in [3.8, 4) is 0 Å². The highest BCUT2D eigenvalue weighted by molar-refractivity contribution is 5.49. The molecule has 0 unspecified atom stereocenters. The van der Waals surface area contributed by atoms with Gasteiger partial charge in [0.05, 0.1) is 0 Å². The largest absolute Gasteiger partial charge is 0.315 e. The molecule has 0 radical (unpaired) electrons. The van der Waals surface area contributed by atoms with E-state index in [4.69, 9.17) is 0 Å². The zero-order valence-corrected chi connectivity index (χ0v) is 6.88. The van der Waals surface area contributed by atoms with Gasteiger partial charge in [-0.1, -0.05) is 0 Å². The quantitative estimate of drug-likeness (QED) is 0.578. The van der Waals surface area contributed by atoms with Crippen molar-refractivity contribution >= 4 is 6.29 Å². The minimum absolute atomic E-state index is 0.681. The molecule has 1 saturated heterocycles. The lowest BCUT2D eigenvalue weighted by atomic mass is 10.3. The van der Waals surface area contributed by atoms with Crippen LogP contribution in [0.2, 0.25) is 0 Å². The van der Waals surface area contributed by atoms with Crippen LogP contribution in [-0.2, 0) is 4.79 Å². The summed E-state index contributed by atoms with van der Waals surface area (Å²) in [6.45, 7) is 5.36. The van der Waals surface area contributed by atoms with E-state index in [9.17, 15) is 4.79 Å². The fraction of sp³-hybridized carbons (Fsp3) is 0.875. The molecular formula is C8H16N2O. The Labute approximate surface area is 67.8 Å². The van der Waals surface area contributed by atoms with Gasteiger partial charge in [0.1, 0.15) is 6.29 Å². The summed E-state index contributed by atoms with van der Waals surface area (Å²) in [5.74, 6) is 0. The summed E-state index contributed by atoms with van der Waals surface area (Å²) < 4.78 is 0. The number of rotatable bonds is 3. The van der Waals surface area contributed by atoms with E-state index in [2.05, 4.69) is 10.2 Å². The summed E-state index contributed by atoms with van der Waals surface area (Å²) >= 11 is 0. The van der Waals surface area contributed by atoms with E-state index in [0.717, 1.165) is 39.0 Å². The normalized spacial score (nSPS) is 21.1. The summed E-state index contributed by atoms with van der Waals surface area (Å²) in [5, 5.41) is 3.32. The van der Waals surface area contributed by atoms with Gasteiger partial charge in [-0.05, 0) is 19.5 Å². The summed E-state index contributed by atoms with van der Waals surface area (Å²) in [6.07, 6.45) is 2.89. The highest BCUT2D eigenvalue weighted by Crippen LogP contribution is 1.95. The SMILES string of the molecule is O=CCCN1CCCNCC1. The molecule has 0 spiro atoms. The molecule has 0 atom stereocenters. The monoisotopic (exact) mass is 156 g/mol.